The van der Waals surface area contributed by atoms with Gasteiger partial charge in [0.15, 0.2) is 0 Å². The molecule has 0 saturated heterocycles. The summed E-state index contributed by atoms with van der Waals surface area (Å²) in [6.45, 7) is 5.87. The molecule has 220 valence electrons. The smallest absolute Gasteiger partial charge is 0.243 e. The van der Waals surface area contributed by atoms with Gasteiger partial charge >= 0.3 is 0 Å². The van der Waals surface area contributed by atoms with Crippen LogP contribution in [-0.2, 0) is 32.6 Å². The average Bonchev–Trinajstić information content (AvgIpc) is 2.91. The zero-order valence-corrected chi connectivity index (χ0v) is 26.1. The van der Waals surface area contributed by atoms with E-state index in [0.29, 0.717) is 22.0 Å². The predicted octanol–water partition coefficient (Wildman–Crippen LogP) is 5.95. The Morgan fingerprint density at radius 2 is 1.54 bits per heavy atom. The lowest BCUT2D eigenvalue weighted by atomic mass is 10.00. The van der Waals surface area contributed by atoms with Gasteiger partial charge in [-0.05, 0) is 62.6 Å². The first-order chi connectivity index (χ1) is 19.3. The van der Waals surface area contributed by atoms with E-state index in [1.165, 1.54) is 28.4 Å². The minimum atomic E-state index is -3.69. The monoisotopic (exact) mass is 617 g/mol. The summed E-state index contributed by atoms with van der Waals surface area (Å²) in [5, 5.41) is 3.87. The second kappa shape index (κ2) is 14.3. The summed E-state index contributed by atoms with van der Waals surface area (Å²) >= 11 is 12.6. The molecule has 0 aliphatic rings. The molecule has 3 aromatic carbocycles. The van der Waals surface area contributed by atoms with Crippen molar-refractivity contribution in [3.63, 3.8) is 0 Å². The number of hydrogen-bond donors (Lipinski definition) is 1. The molecule has 0 bridgehead atoms. The van der Waals surface area contributed by atoms with Crippen LogP contribution in [0.3, 0.4) is 0 Å². The minimum absolute atomic E-state index is 0.0357. The van der Waals surface area contributed by atoms with Gasteiger partial charge in [0.1, 0.15) is 6.04 Å². The van der Waals surface area contributed by atoms with Crippen LogP contribution in [0.2, 0.25) is 10.0 Å². The van der Waals surface area contributed by atoms with Gasteiger partial charge < -0.3 is 10.2 Å². The molecule has 0 heterocycles. The van der Waals surface area contributed by atoms with Crippen molar-refractivity contribution in [1.82, 2.24) is 14.5 Å². The highest BCUT2D eigenvalue weighted by Gasteiger charge is 2.32. The number of amides is 2. The molecular formula is C31H37Cl2N3O4S. The molecule has 0 spiro atoms. The fourth-order valence-electron chi connectivity index (χ4n) is 4.33. The third kappa shape index (κ3) is 9.57. The Kier molecular flexibility index (Phi) is 11.4. The molecule has 7 nitrogen and oxygen atoms in total. The molecule has 0 saturated carbocycles. The Bertz CT molecular complexity index is 1430. The van der Waals surface area contributed by atoms with Gasteiger partial charge in [-0.25, -0.2) is 12.7 Å². The Balaban J connectivity index is 1.88. The number of nitrogens with zero attached hydrogens (tertiary/aromatic N) is 2. The van der Waals surface area contributed by atoms with Crippen molar-refractivity contribution < 1.29 is 18.0 Å². The zero-order chi connectivity index (χ0) is 30.2. The Morgan fingerprint density at radius 1 is 0.927 bits per heavy atom. The Labute approximate surface area is 253 Å². The summed E-state index contributed by atoms with van der Waals surface area (Å²) in [6.07, 6.45) is 0.598. The van der Waals surface area contributed by atoms with Crippen LogP contribution in [0.4, 0.5) is 0 Å². The van der Waals surface area contributed by atoms with Crippen molar-refractivity contribution in [2.24, 2.45) is 0 Å². The van der Waals surface area contributed by atoms with Gasteiger partial charge in [0.2, 0.25) is 21.8 Å². The number of benzene rings is 3. The topological polar surface area (TPSA) is 86.8 Å². The number of carbonyl (C=O) groups is 2. The van der Waals surface area contributed by atoms with Crippen LogP contribution in [0.1, 0.15) is 44.7 Å². The van der Waals surface area contributed by atoms with E-state index in [9.17, 15) is 18.0 Å². The molecule has 2 amide bonds. The first-order valence-corrected chi connectivity index (χ1v) is 15.6. The summed E-state index contributed by atoms with van der Waals surface area (Å²) in [4.78, 5) is 29.2. The molecule has 3 aromatic rings. The molecule has 0 aliphatic carbocycles. The Morgan fingerprint density at radius 3 is 2.12 bits per heavy atom. The zero-order valence-electron chi connectivity index (χ0n) is 23.8. The van der Waals surface area contributed by atoms with Crippen LogP contribution in [0.5, 0.6) is 0 Å². The molecule has 3 rings (SSSR count). The first kappa shape index (κ1) is 32.6. The highest BCUT2D eigenvalue weighted by molar-refractivity contribution is 7.89. The van der Waals surface area contributed by atoms with Crippen LogP contribution in [0.15, 0.2) is 83.8 Å². The van der Waals surface area contributed by atoms with Crippen molar-refractivity contribution >= 4 is 45.0 Å². The third-order valence-electron chi connectivity index (χ3n) is 6.44. The second-order valence-electron chi connectivity index (χ2n) is 10.9. The van der Waals surface area contributed by atoms with Gasteiger partial charge in [-0.1, -0.05) is 77.8 Å². The fourth-order valence-corrected chi connectivity index (χ4v) is 6.03. The quantitative estimate of drug-likeness (QED) is 0.272. The maximum atomic E-state index is 13.8. The number of hydrogen-bond acceptors (Lipinski definition) is 4. The maximum Gasteiger partial charge on any atom is 0.243 e. The van der Waals surface area contributed by atoms with Crippen molar-refractivity contribution in [2.75, 3.05) is 13.6 Å². The molecule has 1 atom stereocenters. The summed E-state index contributed by atoms with van der Waals surface area (Å²) in [6, 6.07) is 21.9. The highest BCUT2D eigenvalue weighted by atomic mass is 35.5. The molecule has 0 aliphatic heterocycles. The minimum Gasteiger partial charge on any atom is -0.350 e. The summed E-state index contributed by atoms with van der Waals surface area (Å²) in [5.74, 6) is -0.574. The first-order valence-electron chi connectivity index (χ1n) is 13.4. The van der Waals surface area contributed by atoms with Gasteiger partial charge in [-0.15, -0.1) is 0 Å². The Hall–Kier alpha value is -2.91. The maximum absolute atomic E-state index is 13.8. The standard InChI is InChI=1S/C31H37Cl2N3O4S/c1-31(2,3)34-30(38)28(20-23-12-7-5-8-13-23)36(22-24-17-18-25(32)21-27(24)33)29(37)16-11-19-35(4)41(39,40)26-14-9-6-10-15-26/h5-10,12-15,17-18,21,28H,11,16,19-20,22H2,1-4H3,(H,34,38)/t28-/m1/s1. The lowest BCUT2D eigenvalue weighted by molar-refractivity contribution is -0.142. The van der Waals surface area contributed by atoms with Crippen LogP contribution in [0, 0.1) is 0 Å². The molecule has 0 unspecified atom stereocenters. The molecule has 0 radical (unpaired) electrons. The van der Waals surface area contributed by atoms with Crippen molar-refractivity contribution in [2.45, 2.75) is 63.1 Å². The third-order valence-corrected chi connectivity index (χ3v) is 8.90. The van der Waals surface area contributed by atoms with Gasteiger partial charge in [-0.2, -0.15) is 0 Å². The van der Waals surface area contributed by atoms with Crippen molar-refractivity contribution in [3.05, 3.63) is 100 Å². The van der Waals surface area contributed by atoms with Crippen molar-refractivity contribution in [3.8, 4) is 0 Å². The van der Waals surface area contributed by atoms with Gasteiger partial charge in [0.25, 0.3) is 0 Å². The van der Waals surface area contributed by atoms with E-state index in [1.807, 2.05) is 51.1 Å². The fraction of sp³-hybridized carbons (Fsp3) is 0.355. The molecular weight excluding hydrogens is 581 g/mol. The highest BCUT2D eigenvalue weighted by Crippen LogP contribution is 2.25. The normalized spacial score (nSPS) is 12.7. The van der Waals surface area contributed by atoms with Crippen LogP contribution in [0.25, 0.3) is 0 Å². The molecule has 0 fully saturated rings. The van der Waals surface area contributed by atoms with E-state index in [2.05, 4.69) is 5.32 Å². The SMILES string of the molecule is CN(CCCC(=O)N(Cc1ccc(Cl)cc1Cl)[C@H](Cc1ccccc1)C(=O)NC(C)(C)C)S(=O)(=O)c1ccccc1. The molecule has 41 heavy (non-hydrogen) atoms. The molecule has 0 aromatic heterocycles. The number of halogens is 2. The summed E-state index contributed by atoms with van der Waals surface area (Å²) < 4.78 is 27.1. The van der Waals surface area contributed by atoms with E-state index in [1.54, 1.807) is 36.4 Å². The van der Waals surface area contributed by atoms with Gasteiger partial charge in [-0.3, -0.25) is 9.59 Å². The van der Waals surface area contributed by atoms with E-state index >= 15 is 0 Å². The van der Waals surface area contributed by atoms with E-state index in [-0.39, 0.29) is 42.6 Å². The second-order valence-corrected chi connectivity index (χ2v) is 13.8. The van der Waals surface area contributed by atoms with Crippen LogP contribution >= 0.6 is 23.2 Å². The lowest BCUT2D eigenvalue weighted by Gasteiger charge is -2.34. The van der Waals surface area contributed by atoms with Crippen LogP contribution in [-0.4, -0.2) is 54.6 Å². The largest absolute Gasteiger partial charge is 0.350 e. The number of carbonyl (C=O) groups excluding carboxylic acids is 2. The average molecular weight is 619 g/mol. The summed E-state index contributed by atoms with van der Waals surface area (Å²) in [7, 11) is -2.20. The number of sulfonamides is 1. The predicted molar refractivity (Wildman–Crippen MR) is 164 cm³/mol. The number of rotatable bonds is 12. The van der Waals surface area contributed by atoms with E-state index in [0.717, 1.165) is 5.56 Å². The van der Waals surface area contributed by atoms with Crippen LogP contribution < -0.4 is 5.32 Å². The van der Waals surface area contributed by atoms with E-state index < -0.39 is 21.6 Å². The van der Waals surface area contributed by atoms with E-state index in [4.69, 9.17) is 23.2 Å². The van der Waals surface area contributed by atoms with Gasteiger partial charge in [0, 0.05) is 48.6 Å². The molecule has 1 N–H and O–H groups in total. The lowest BCUT2D eigenvalue weighted by Crippen LogP contribution is -2.54. The van der Waals surface area contributed by atoms with Crippen molar-refractivity contribution in [1.29, 1.82) is 0 Å². The summed E-state index contributed by atoms with van der Waals surface area (Å²) in [5.41, 5.74) is 1.03. The molecule has 10 heteroatoms. The number of nitrogens with one attached hydrogen (secondary N) is 1. The van der Waals surface area contributed by atoms with Gasteiger partial charge in [0.05, 0.1) is 4.90 Å².